The zero-order valence-corrected chi connectivity index (χ0v) is 14.3. The predicted octanol–water partition coefficient (Wildman–Crippen LogP) is 6.21. The fourth-order valence-corrected chi connectivity index (χ4v) is 3.22. The lowest BCUT2D eigenvalue weighted by Crippen LogP contribution is -2.02. The summed E-state index contributed by atoms with van der Waals surface area (Å²) in [5, 5.41) is 0. The normalized spacial score (nSPS) is 14.4. The summed E-state index contributed by atoms with van der Waals surface area (Å²) in [6.45, 7) is 8.38. The van der Waals surface area contributed by atoms with Crippen molar-refractivity contribution in [1.82, 2.24) is 4.98 Å². The Bertz CT molecular complexity index is 595. The van der Waals surface area contributed by atoms with E-state index in [1.54, 1.807) is 5.57 Å². The first kappa shape index (κ1) is 16.5. The van der Waals surface area contributed by atoms with Gasteiger partial charge in [-0.3, -0.25) is 4.98 Å². The summed E-state index contributed by atoms with van der Waals surface area (Å²) in [5.41, 5.74) is 8.56. The standard InChI is InChI=1S/C19H21N.C2H6/c1-14-7-3-4-8-16(14)18-9-5-6-10-19(18)17-11-12-20-13-15(17)2;1-2/h3-4,7-8,11-13H,5-6,9-10H2,1-2H3;1-2H3. The third kappa shape index (κ3) is 3.47. The zero-order valence-electron chi connectivity index (χ0n) is 14.3. The van der Waals surface area contributed by atoms with E-state index in [-0.39, 0.29) is 0 Å². The molecule has 0 N–H and O–H groups in total. The van der Waals surface area contributed by atoms with Gasteiger partial charge in [0.05, 0.1) is 0 Å². The molecule has 1 aliphatic carbocycles. The number of rotatable bonds is 2. The van der Waals surface area contributed by atoms with Crippen molar-refractivity contribution in [3.05, 3.63) is 65.0 Å². The molecule has 0 aliphatic heterocycles. The fraction of sp³-hybridized carbons (Fsp3) is 0.381. The topological polar surface area (TPSA) is 12.9 Å². The highest BCUT2D eigenvalue weighted by atomic mass is 14.6. The van der Waals surface area contributed by atoms with Crippen molar-refractivity contribution in [1.29, 1.82) is 0 Å². The lowest BCUT2D eigenvalue weighted by Gasteiger charge is -2.23. The van der Waals surface area contributed by atoms with Gasteiger partial charge < -0.3 is 0 Å². The Kier molecular flexibility index (Phi) is 5.94. The Balaban J connectivity index is 0.000000847. The molecule has 0 spiro atoms. The monoisotopic (exact) mass is 293 g/mol. The first-order valence-corrected chi connectivity index (χ1v) is 8.46. The Morgan fingerprint density at radius 3 is 1.95 bits per heavy atom. The molecule has 0 saturated heterocycles. The van der Waals surface area contributed by atoms with Gasteiger partial charge in [-0.1, -0.05) is 38.1 Å². The molecule has 1 heteroatoms. The van der Waals surface area contributed by atoms with Crippen LogP contribution in [0.25, 0.3) is 11.1 Å². The van der Waals surface area contributed by atoms with Gasteiger partial charge in [0.1, 0.15) is 0 Å². The number of hydrogen-bond acceptors (Lipinski definition) is 1. The van der Waals surface area contributed by atoms with Crippen molar-refractivity contribution in [2.24, 2.45) is 0 Å². The van der Waals surface area contributed by atoms with E-state index in [9.17, 15) is 0 Å². The van der Waals surface area contributed by atoms with Crippen molar-refractivity contribution >= 4 is 11.1 Å². The van der Waals surface area contributed by atoms with Gasteiger partial charge in [0.2, 0.25) is 0 Å². The van der Waals surface area contributed by atoms with Gasteiger partial charge in [-0.2, -0.15) is 0 Å². The molecule has 3 rings (SSSR count). The predicted molar refractivity (Wildman–Crippen MR) is 96.8 cm³/mol. The number of nitrogens with zero attached hydrogens (tertiary/aromatic N) is 1. The quantitative estimate of drug-likeness (QED) is 0.641. The molecule has 0 amide bonds. The molecule has 0 atom stereocenters. The second-order valence-corrected chi connectivity index (χ2v) is 5.67. The van der Waals surface area contributed by atoms with Crippen molar-refractivity contribution in [2.45, 2.75) is 53.4 Å². The second kappa shape index (κ2) is 7.93. The molecular weight excluding hydrogens is 266 g/mol. The van der Waals surface area contributed by atoms with E-state index in [1.165, 1.54) is 53.5 Å². The van der Waals surface area contributed by atoms with Crippen LogP contribution < -0.4 is 0 Å². The smallest absolute Gasteiger partial charge is 0.0303 e. The van der Waals surface area contributed by atoms with Crippen LogP contribution in [-0.4, -0.2) is 4.98 Å². The van der Waals surface area contributed by atoms with Crippen LogP contribution in [0.3, 0.4) is 0 Å². The maximum atomic E-state index is 4.23. The molecule has 116 valence electrons. The number of hydrogen-bond donors (Lipinski definition) is 0. The molecule has 0 bridgehead atoms. The van der Waals surface area contributed by atoms with Crippen LogP contribution in [0.5, 0.6) is 0 Å². The van der Waals surface area contributed by atoms with E-state index in [0.29, 0.717) is 0 Å². The van der Waals surface area contributed by atoms with Crippen LogP contribution in [0.1, 0.15) is 61.8 Å². The minimum absolute atomic E-state index is 1.19. The van der Waals surface area contributed by atoms with Gasteiger partial charge in [0, 0.05) is 12.4 Å². The number of pyridine rings is 1. The molecule has 1 heterocycles. The van der Waals surface area contributed by atoms with E-state index in [4.69, 9.17) is 0 Å². The Labute approximate surface area is 135 Å². The summed E-state index contributed by atoms with van der Waals surface area (Å²) < 4.78 is 0. The van der Waals surface area contributed by atoms with Gasteiger partial charge in [0.25, 0.3) is 0 Å². The molecule has 0 fully saturated rings. The molecule has 0 unspecified atom stereocenters. The SMILES string of the molecule is CC.Cc1ccccc1C1=C(c2ccncc2C)CCCC1. The van der Waals surface area contributed by atoms with Crippen LogP contribution in [0.2, 0.25) is 0 Å². The van der Waals surface area contributed by atoms with E-state index in [2.05, 4.69) is 49.2 Å². The molecule has 0 saturated carbocycles. The summed E-state index contributed by atoms with van der Waals surface area (Å²) >= 11 is 0. The fourth-order valence-electron chi connectivity index (χ4n) is 3.22. The number of allylic oxidation sites excluding steroid dienone is 2. The third-order valence-electron chi connectivity index (χ3n) is 4.28. The first-order chi connectivity index (χ1) is 10.8. The lowest BCUT2D eigenvalue weighted by atomic mass is 9.82. The lowest BCUT2D eigenvalue weighted by molar-refractivity contribution is 0.752. The molecule has 2 aromatic rings. The van der Waals surface area contributed by atoms with Gasteiger partial charge in [-0.05, 0) is 79.0 Å². The van der Waals surface area contributed by atoms with Crippen molar-refractivity contribution in [2.75, 3.05) is 0 Å². The summed E-state index contributed by atoms with van der Waals surface area (Å²) in [7, 11) is 0. The van der Waals surface area contributed by atoms with Crippen LogP contribution in [0, 0.1) is 13.8 Å². The Morgan fingerprint density at radius 1 is 0.773 bits per heavy atom. The Morgan fingerprint density at radius 2 is 1.36 bits per heavy atom. The summed E-state index contributed by atoms with van der Waals surface area (Å²) in [6, 6.07) is 10.9. The van der Waals surface area contributed by atoms with E-state index >= 15 is 0 Å². The van der Waals surface area contributed by atoms with Gasteiger partial charge in [0.15, 0.2) is 0 Å². The number of benzene rings is 1. The molecule has 1 aromatic heterocycles. The maximum Gasteiger partial charge on any atom is 0.0303 e. The highest BCUT2D eigenvalue weighted by Gasteiger charge is 2.18. The number of aromatic nitrogens is 1. The average Bonchev–Trinajstić information content (AvgIpc) is 2.58. The van der Waals surface area contributed by atoms with Crippen molar-refractivity contribution in [3.8, 4) is 0 Å². The number of aryl methyl sites for hydroxylation is 2. The Hall–Kier alpha value is -1.89. The van der Waals surface area contributed by atoms with E-state index < -0.39 is 0 Å². The van der Waals surface area contributed by atoms with E-state index in [0.717, 1.165) is 0 Å². The third-order valence-corrected chi connectivity index (χ3v) is 4.28. The highest BCUT2D eigenvalue weighted by Crippen LogP contribution is 2.39. The first-order valence-electron chi connectivity index (χ1n) is 8.46. The molecule has 0 radical (unpaired) electrons. The minimum Gasteiger partial charge on any atom is -0.264 e. The maximum absolute atomic E-state index is 4.23. The highest BCUT2D eigenvalue weighted by molar-refractivity contribution is 5.93. The molecule has 1 aromatic carbocycles. The second-order valence-electron chi connectivity index (χ2n) is 5.67. The van der Waals surface area contributed by atoms with Gasteiger partial charge in [-0.25, -0.2) is 0 Å². The van der Waals surface area contributed by atoms with Gasteiger partial charge >= 0.3 is 0 Å². The minimum atomic E-state index is 1.19. The summed E-state index contributed by atoms with van der Waals surface area (Å²) in [6.07, 6.45) is 8.88. The van der Waals surface area contributed by atoms with Crippen molar-refractivity contribution < 1.29 is 0 Å². The molecule has 22 heavy (non-hydrogen) atoms. The van der Waals surface area contributed by atoms with Crippen LogP contribution in [-0.2, 0) is 0 Å². The average molecular weight is 293 g/mol. The van der Waals surface area contributed by atoms with Gasteiger partial charge in [-0.15, -0.1) is 0 Å². The van der Waals surface area contributed by atoms with Crippen molar-refractivity contribution in [3.63, 3.8) is 0 Å². The largest absolute Gasteiger partial charge is 0.264 e. The summed E-state index contributed by atoms with van der Waals surface area (Å²) in [5.74, 6) is 0. The summed E-state index contributed by atoms with van der Waals surface area (Å²) in [4.78, 5) is 4.23. The van der Waals surface area contributed by atoms with Crippen LogP contribution in [0.15, 0.2) is 42.7 Å². The molecule has 1 aliphatic rings. The van der Waals surface area contributed by atoms with E-state index in [1.807, 2.05) is 26.2 Å². The van der Waals surface area contributed by atoms with Crippen LogP contribution in [0.4, 0.5) is 0 Å². The zero-order chi connectivity index (χ0) is 15.9. The molecular formula is C21H27N. The molecule has 1 nitrogen and oxygen atoms in total. The van der Waals surface area contributed by atoms with Crippen LogP contribution >= 0.6 is 0 Å².